The lowest BCUT2D eigenvalue weighted by molar-refractivity contribution is -0.139. The van der Waals surface area contributed by atoms with E-state index >= 15 is 0 Å². The maximum Gasteiger partial charge on any atom is 0.341 e. The number of nitriles is 1. The first kappa shape index (κ1) is 24.6. The van der Waals surface area contributed by atoms with Crippen LogP contribution in [0, 0.1) is 11.3 Å². The van der Waals surface area contributed by atoms with E-state index in [0.717, 1.165) is 5.56 Å². The highest BCUT2D eigenvalue weighted by atomic mass is 35.5. The van der Waals surface area contributed by atoms with E-state index in [0.29, 0.717) is 23.6 Å². The van der Waals surface area contributed by atoms with Crippen LogP contribution in [0.1, 0.15) is 11.1 Å². The van der Waals surface area contributed by atoms with Gasteiger partial charge >= 0.3 is 5.97 Å². The van der Waals surface area contributed by atoms with Crippen molar-refractivity contribution >= 4 is 46.8 Å². The molecule has 0 fully saturated rings. The topological polar surface area (TPSA) is 109 Å². The third-order valence-corrected chi connectivity index (χ3v) is 4.96. The fraction of sp³-hybridized carbons (Fsp3) is 0.0800. The highest BCUT2D eigenvalue weighted by molar-refractivity contribution is 6.37. The molecule has 0 radical (unpaired) electrons. The molecule has 2 N–H and O–H groups in total. The van der Waals surface area contributed by atoms with Gasteiger partial charge in [-0.3, -0.25) is 4.79 Å². The summed E-state index contributed by atoms with van der Waals surface area (Å²) in [5.41, 5.74) is 1.70. The average Bonchev–Trinajstić information content (AvgIpc) is 2.82. The van der Waals surface area contributed by atoms with E-state index in [1.807, 2.05) is 36.4 Å². The molecule has 34 heavy (non-hydrogen) atoms. The Labute approximate surface area is 205 Å². The molecule has 3 rings (SSSR count). The standard InChI is InChI=1S/C25H18Cl2N2O5/c26-21-11-17(12-22(27)24(21)34-15-23(30)31)10-18(13-28)25(32)29-19-6-8-20(9-7-19)33-14-16-4-2-1-3-5-16/h1-12H,14-15H2,(H,29,32)(H,30,31)/b18-10+. The quantitative estimate of drug-likeness (QED) is 0.295. The van der Waals surface area contributed by atoms with Crippen LogP contribution >= 0.6 is 23.2 Å². The van der Waals surface area contributed by atoms with Crippen LogP contribution < -0.4 is 14.8 Å². The van der Waals surface area contributed by atoms with Crippen molar-refractivity contribution in [1.29, 1.82) is 5.26 Å². The summed E-state index contributed by atoms with van der Waals surface area (Å²) in [6.07, 6.45) is 1.31. The van der Waals surface area contributed by atoms with Crippen LogP contribution in [0.2, 0.25) is 10.0 Å². The molecule has 0 aliphatic heterocycles. The zero-order valence-electron chi connectivity index (χ0n) is 17.6. The maximum atomic E-state index is 12.6. The van der Waals surface area contributed by atoms with E-state index in [-0.39, 0.29) is 21.4 Å². The number of ether oxygens (including phenoxy) is 2. The van der Waals surface area contributed by atoms with Crippen molar-refractivity contribution in [3.8, 4) is 17.6 Å². The molecule has 0 saturated heterocycles. The number of rotatable bonds is 9. The van der Waals surface area contributed by atoms with Crippen LogP contribution in [0.5, 0.6) is 11.5 Å². The Morgan fingerprint density at radius 2 is 1.65 bits per heavy atom. The van der Waals surface area contributed by atoms with E-state index in [1.54, 1.807) is 24.3 Å². The van der Waals surface area contributed by atoms with Gasteiger partial charge in [0.2, 0.25) is 0 Å². The number of carbonyl (C=O) groups excluding carboxylic acids is 1. The molecule has 0 bridgehead atoms. The van der Waals surface area contributed by atoms with E-state index < -0.39 is 18.5 Å². The van der Waals surface area contributed by atoms with E-state index in [2.05, 4.69) is 5.32 Å². The number of carboxylic acid groups (broad SMARTS) is 1. The van der Waals surface area contributed by atoms with Crippen LogP contribution in [0.3, 0.4) is 0 Å². The van der Waals surface area contributed by atoms with Crippen LogP contribution in [0.25, 0.3) is 6.08 Å². The minimum atomic E-state index is -1.18. The summed E-state index contributed by atoms with van der Waals surface area (Å²) >= 11 is 12.2. The van der Waals surface area contributed by atoms with Crippen molar-refractivity contribution in [2.24, 2.45) is 0 Å². The molecule has 0 spiro atoms. The monoisotopic (exact) mass is 496 g/mol. The lowest BCUT2D eigenvalue weighted by Gasteiger charge is -2.10. The van der Waals surface area contributed by atoms with E-state index in [1.165, 1.54) is 18.2 Å². The zero-order valence-corrected chi connectivity index (χ0v) is 19.1. The first-order valence-electron chi connectivity index (χ1n) is 9.89. The molecule has 9 heteroatoms. The molecule has 0 unspecified atom stereocenters. The molecule has 172 valence electrons. The third kappa shape index (κ3) is 7.01. The Balaban J connectivity index is 1.66. The number of nitrogens with zero attached hydrogens (tertiary/aromatic N) is 1. The number of benzene rings is 3. The summed E-state index contributed by atoms with van der Waals surface area (Å²) < 4.78 is 10.8. The van der Waals surface area contributed by atoms with Gasteiger partial charge in [0.15, 0.2) is 12.4 Å². The van der Waals surface area contributed by atoms with Crippen molar-refractivity contribution in [3.63, 3.8) is 0 Å². The van der Waals surface area contributed by atoms with Gasteiger partial charge in [-0.2, -0.15) is 5.26 Å². The second-order valence-corrected chi connectivity index (χ2v) is 7.73. The Bertz CT molecular complexity index is 1230. The van der Waals surface area contributed by atoms with E-state index in [9.17, 15) is 14.9 Å². The molecule has 0 saturated carbocycles. The number of amides is 1. The molecular weight excluding hydrogens is 479 g/mol. The number of carboxylic acids is 1. The summed E-state index contributed by atoms with van der Waals surface area (Å²) in [6, 6.07) is 21.1. The highest BCUT2D eigenvalue weighted by Gasteiger charge is 2.14. The number of hydrogen-bond donors (Lipinski definition) is 2. The average molecular weight is 497 g/mol. The lowest BCUT2D eigenvalue weighted by Crippen LogP contribution is -2.13. The van der Waals surface area contributed by atoms with Crippen LogP contribution in [0.4, 0.5) is 5.69 Å². The Kier molecular flexibility index (Phi) is 8.52. The molecule has 0 atom stereocenters. The highest BCUT2D eigenvalue weighted by Crippen LogP contribution is 2.35. The summed E-state index contributed by atoms with van der Waals surface area (Å²) in [7, 11) is 0. The smallest absolute Gasteiger partial charge is 0.341 e. The summed E-state index contributed by atoms with van der Waals surface area (Å²) in [4.78, 5) is 23.2. The largest absolute Gasteiger partial charge is 0.489 e. The Hall–Kier alpha value is -3.99. The number of carbonyl (C=O) groups is 2. The van der Waals surface area contributed by atoms with Crippen molar-refractivity contribution < 1.29 is 24.2 Å². The fourth-order valence-corrected chi connectivity index (χ4v) is 3.44. The van der Waals surface area contributed by atoms with E-state index in [4.69, 9.17) is 37.8 Å². The minimum Gasteiger partial charge on any atom is -0.489 e. The Morgan fingerprint density at radius 1 is 1.00 bits per heavy atom. The molecule has 0 heterocycles. The second kappa shape index (κ2) is 11.8. The molecule has 3 aromatic rings. The predicted octanol–water partition coefficient (Wildman–Crippen LogP) is 5.58. The van der Waals surface area contributed by atoms with Gasteiger partial charge in [0.05, 0.1) is 10.0 Å². The normalized spacial score (nSPS) is 10.8. The SMILES string of the molecule is N#C/C(=C\c1cc(Cl)c(OCC(=O)O)c(Cl)c1)C(=O)Nc1ccc(OCc2ccccc2)cc1. The van der Waals surface area contributed by atoms with Gasteiger partial charge in [-0.1, -0.05) is 53.5 Å². The van der Waals surface area contributed by atoms with Crippen molar-refractivity contribution in [2.75, 3.05) is 11.9 Å². The van der Waals surface area contributed by atoms with Crippen LogP contribution in [-0.2, 0) is 16.2 Å². The summed E-state index contributed by atoms with van der Waals surface area (Å²) in [6.45, 7) is -0.199. The molecule has 0 aromatic heterocycles. The fourth-order valence-electron chi connectivity index (χ4n) is 2.82. The lowest BCUT2D eigenvalue weighted by atomic mass is 10.1. The van der Waals surface area contributed by atoms with Gasteiger partial charge in [-0.25, -0.2) is 4.79 Å². The van der Waals surface area contributed by atoms with Crippen molar-refractivity contribution in [2.45, 2.75) is 6.61 Å². The number of aliphatic carboxylic acids is 1. The number of halogens is 2. The van der Waals surface area contributed by atoms with Crippen molar-refractivity contribution in [3.05, 3.63) is 93.5 Å². The van der Waals surface area contributed by atoms with Gasteiger partial charge in [0, 0.05) is 5.69 Å². The van der Waals surface area contributed by atoms with Gasteiger partial charge in [-0.15, -0.1) is 0 Å². The molecule has 0 aliphatic carbocycles. The molecule has 3 aromatic carbocycles. The second-order valence-electron chi connectivity index (χ2n) is 6.92. The summed E-state index contributed by atoms with van der Waals surface area (Å²) in [5, 5.41) is 20.9. The third-order valence-electron chi connectivity index (χ3n) is 4.40. The van der Waals surface area contributed by atoms with Crippen molar-refractivity contribution in [1.82, 2.24) is 0 Å². The molecular formula is C25H18Cl2N2O5. The first-order valence-corrected chi connectivity index (χ1v) is 10.6. The summed E-state index contributed by atoms with van der Waals surface area (Å²) in [5.74, 6) is -1.18. The number of anilines is 1. The molecule has 0 aliphatic rings. The maximum absolute atomic E-state index is 12.6. The zero-order chi connectivity index (χ0) is 24.5. The van der Waals surface area contributed by atoms with Crippen LogP contribution in [-0.4, -0.2) is 23.6 Å². The van der Waals surface area contributed by atoms with Crippen LogP contribution in [0.15, 0.2) is 72.3 Å². The molecule has 1 amide bonds. The minimum absolute atomic E-state index is 0.000385. The molecule has 7 nitrogen and oxygen atoms in total. The number of hydrogen-bond acceptors (Lipinski definition) is 5. The van der Waals surface area contributed by atoms with Gasteiger partial charge in [-0.05, 0) is 53.6 Å². The van der Waals surface area contributed by atoms with Gasteiger partial charge in [0.1, 0.15) is 24.0 Å². The van der Waals surface area contributed by atoms with Gasteiger partial charge in [0.25, 0.3) is 5.91 Å². The first-order chi connectivity index (χ1) is 16.4. The Morgan fingerprint density at radius 3 is 2.24 bits per heavy atom. The predicted molar refractivity (Wildman–Crippen MR) is 129 cm³/mol. The van der Waals surface area contributed by atoms with Gasteiger partial charge < -0.3 is 19.9 Å². The number of nitrogens with one attached hydrogen (secondary N) is 1.